The summed E-state index contributed by atoms with van der Waals surface area (Å²) in [6, 6.07) is 14.5. The summed E-state index contributed by atoms with van der Waals surface area (Å²) in [7, 11) is 0. The summed E-state index contributed by atoms with van der Waals surface area (Å²) >= 11 is 0. The molecule has 0 atom stereocenters. The summed E-state index contributed by atoms with van der Waals surface area (Å²) in [6.07, 6.45) is 1.96. The minimum Gasteiger partial charge on any atom is -0.486 e. The van der Waals surface area contributed by atoms with Crippen LogP contribution in [0, 0.1) is 0 Å². The van der Waals surface area contributed by atoms with Gasteiger partial charge in [-0.3, -0.25) is 0 Å². The van der Waals surface area contributed by atoms with E-state index < -0.39 is 0 Å². The Bertz CT molecular complexity index is 779. The number of aromatic amines is 1. The number of fused-ring (bicyclic) bond motifs is 2. The van der Waals surface area contributed by atoms with E-state index in [4.69, 9.17) is 9.47 Å². The fraction of sp³-hybridized carbons (Fsp3) is 0.176. The van der Waals surface area contributed by atoms with Crippen LogP contribution in [0.5, 0.6) is 11.5 Å². The molecule has 2 N–H and O–H groups in total. The van der Waals surface area contributed by atoms with E-state index in [1.165, 1.54) is 10.9 Å². The van der Waals surface area contributed by atoms with Crippen molar-refractivity contribution in [3.63, 3.8) is 0 Å². The number of benzene rings is 2. The molecular formula is C17H16N2O2. The molecule has 0 fully saturated rings. The quantitative estimate of drug-likeness (QED) is 0.771. The van der Waals surface area contributed by atoms with Crippen LogP contribution in [0.2, 0.25) is 0 Å². The van der Waals surface area contributed by atoms with E-state index in [1.807, 2.05) is 24.4 Å². The molecule has 2 heterocycles. The minimum atomic E-state index is 0.612. The van der Waals surface area contributed by atoms with E-state index in [9.17, 15) is 0 Å². The van der Waals surface area contributed by atoms with Crippen LogP contribution in [-0.4, -0.2) is 18.2 Å². The fourth-order valence-electron chi connectivity index (χ4n) is 2.57. The predicted molar refractivity (Wildman–Crippen MR) is 83.1 cm³/mol. The molecule has 1 aliphatic rings. The van der Waals surface area contributed by atoms with E-state index in [0.29, 0.717) is 13.2 Å². The minimum absolute atomic E-state index is 0.612. The van der Waals surface area contributed by atoms with Gasteiger partial charge in [-0.05, 0) is 41.3 Å². The smallest absolute Gasteiger partial charge is 0.163 e. The lowest BCUT2D eigenvalue weighted by molar-refractivity contribution is 0.171. The normalized spacial score (nSPS) is 13.3. The van der Waals surface area contributed by atoms with E-state index in [2.05, 4.69) is 34.6 Å². The van der Waals surface area contributed by atoms with Gasteiger partial charge in [-0.15, -0.1) is 0 Å². The first-order chi connectivity index (χ1) is 10.4. The zero-order valence-electron chi connectivity index (χ0n) is 11.6. The van der Waals surface area contributed by atoms with Gasteiger partial charge in [-0.25, -0.2) is 0 Å². The Morgan fingerprint density at radius 2 is 1.86 bits per heavy atom. The number of aromatic nitrogens is 1. The Hall–Kier alpha value is -2.62. The third kappa shape index (κ3) is 2.40. The molecule has 1 aliphatic heterocycles. The van der Waals surface area contributed by atoms with Crippen molar-refractivity contribution < 1.29 is 9.47 Å². The molecule has 0 saturated heterocycles. The Labute approximate surface area is 122 Å². The maximum Gasteiger partial charge on any atom is 0.163 e. The molecule has 0 radical (unpaired) electrons. The maximum atomic E-state index is 5.59. The molecule has 0 unspecified atom stereocenters. The summed E-state index contributed by atoms with van der Waals surface area (Å²) in [4.78, 5) is 3.20. The summed E-state index contributed by atoms with van der Waals surface area (Å²) in [5.74, 6) is 1.63. The highest BCUT2D eigenvalue weighted by Crippen LogP contribution is 2.32. The highest BCUT2D eigenvalue weighted by molar-refractivity contribution is 5.80. The van der Waals surface area contributed by atoms with E-state index in [-0.39, 0.29) is 0 Å². The van der Waals surface area contributed by atoms with Crippen LogP contribution in [0.25, 0.3) is 10.9 Å². The number of ether oxygens (including phenoxy) is 2. The Kier molecular flexibility index (Phi) is 2.92. The van der Waals surface area contributed by atoms with Crippen molar-refractivity contribution in [2.45, 2.75) is 6.54 Å². The molecule has 4 heteroatoms. The lowest BCUT2D eigenvalue weighted by atomic mass is 10.1. The average molecular weight is 280 g/mol. The Balaban J connectivity index is 1.50. The molecule has 0 amide bonds. The van der Waals surface area contributed by atoms with E-state index in [0.717, 1.165) is 29.2 Å². The van der Waals surface area contributed by atoms with Crippen LogP contribution in [0.4, 0.5) is 5.69 Å². The van der Waals surface area contributed by atoms with Gasteiger partial charge in [0, 0.05) is 30.0 Å². The van der Waals surface area contributed by atoms with Crippen molar-refractivity contribution >= 4 is 16.6 Å². The third-order valence-electron chi connectivity index (χ3n) is 3.66. The van der Waals surface area contributed by atoms with Gasteiger partial charge in [0.2, 0.25) is 0 Å². The first-order valence-electron chi connectivity index (χ1n) is 7.08. The van der Waals surface area contributed by atoms with Crippen molar-refractivity contribution in [2.24, 2.45) is 0 Å². The Morgan fingerprint density at radius 1 is 0.952 bits per heavy atom. The second-order valence-electron chi connectivity index (χ2n) is 5.11. The molecule has 1 aromatic heterocycles. The first-order valence-corrected chi connectivity index (χ1v) is 7.08. The van der Waals surface area contributed by atoms with Crippen LogP contribution in [-0.2, 0) is 6.54 Å². The number of hydrogen-bond donors (Lipinski definition) is 2. The van der Waals surface area contributed by atoms with Gasteiger partial charge in [-0.2, -0.15) is 0 Å². The molecular weight excluding hydrogens is 264 g/mol. The van der Waals surface area contributed by atoms with Crippen LogP contribution in [0.1, 0.15) is 5.56 Å². The van der Waals surface area contributed by atoms with E-state index in [1.54, 1.807) is 0 Å². The second kappa shape index (κ2) is 5.05. The zero-order valence-corrected chi connectivity index (χ0v) is 11.6. The monoisotopic (exact) mass is 280 g/mol. The average Bonchev–Trinajstić information content (AvgIpc) is 3.00. The largest absolute Gasteiger partial charge is 0.486 e. The van der Waals surface area contributed by atoms with E-state index >= 15 is 0 Å². The predicted octanol–water partition coefficient (Wildman–Crippen LogP) is 3.55. The van der Waals surface area contributed by atoms with Crippen LogP contribution < -0.4 is 14.8 Å². The standard InChI is InChI=1S/C17H16N2O2/c1-3-15-13(5-6-18-15)9-12(1)11-19-14-2-4-16-17(10-14)21-8-7-20-16/h1-6,9-10,18-19H,7-8,11H2. The van der Waals surface area contributed by atoms with Crippen molar-refractivity contribution in [2.75, 3.05) is 18.5 Å². The van der Waals surface area contributed by atoms with Crippen molar-refractivity contribution in [3.8, 4) is 11.5 Å². The van der Waals surface area contributed by atoms with Gasteiger partial charge >= 0.3 is 0 Å². The van der Waals surface area contributed by atoms with Crippen LogP contribution >= 0.6 is 0 Å². The number of H-pyrrole nitrogens is 1. The van der Waals surface area contributed by atoms with Crippen LogP contribution in [0.15, 0.2) is 48.7 Å². The molecule has 0 saturated carbocycles. The second-order valence-corrected chi connectivity index (χ2v) is 5.11. The van der Waals surface area contributed by atoms with Gasteiger partial charge in [0.05, 0.1) is 0 Å². The third-order valence-corrected chi connectivity index (χ3v) is 3.66. The fourth-order valence-corrected chi connectivity index (χ4v) is 2.57. The van der Waals surface area contributed by atoms with Gasteiger partial charge < -0.3 is 19.8 Å². The SMILES string of the molecule is c1cc2cc(CNc3ccc4c(c3)OCCO4)ccc2[nH]1. The van der Waals surface area contributed by atoms with Gasteiger partial charge in [-0.1, -0.05) is 6.07 Å². The molecule has 2 aromatic carbocycles. The molecule has 21 heavy (non-hydrogen) atoms. The number of nitrogens with one attached hydrogen (secondary N) is 2. The molecule has 4 rings (SSSR count). The van der Waals surface area contributed by atoms with Gasteiger partial charge in [0.1, 0.15) is 13.2 Å². The lowest BCUT2D eigenvalue weighted by Crippen LogP contribution is -2.15. The molecule has 0 spiro atoms. The summed E-state index contributed by atoms with van der Waals surface area (Å²) in [5.41, 5.74) is 3.45. The topological polar surface area (TPSA) is 46.3 Å². The summed E-state index contributed by atoms with van der Waals surface area (Å²) in [5, 5.41) is 4.66. The number of hydrogen-bond acceptors (Lipinski definition) is 3. The first kappa shape index (κ1) is 12.1. The van der Waals surface area contributed by atoms with Crippen LogP contribution in [0.3, 0.4) is 0 Å². The molecule has 4 nitrogen and oxygen atoms in total. The highest BCUT2D eigenvalue weighted by Gasteiger charge is 2.11. The van der Waals surface area contributed by atoms with Crippen molar-refractivity contribution in [3.05, 3.63) is 54.2 Å². The Morgan fingerprint density at radius 3 is 2.81 bits per heavy atom. The zero-order chi connectivity index (χ0) is 14.1. The highest BCUT2D eigenvalue weighted by atomic mass is 16.6. The maximum absolute atomic E-state index is 5.59. The van der Waals surface area contributed by atoms with Crippen molar-refractivity contribution in [1.29, 1.82) is 0 Å². The number of rotatable bonds is 3. The van der Waals surface area contributed by atoms with Gasteiger partial charge in [0.25, 0.3) is 0 Å². The molecule has 106 valence electrons. The summed E-state index contributed by atoms with van der Waals surface area (Å²) in [6.45, 7) is 2.01. The molecule has 0 aliphatic carbocycles. The lowest BCUT2D eigenvalue weighted by Gasteiger charge is -2.19. The number of anilines is 1. The molecule has 0 bridgehead atoms. The molecule has 3 aromatic rings. The van der Waals surface area contributed by atoms with Crippen molar-refractivity contribution in [1.82, 2.24) is 4.98 Å². The van der Waals surface area contributed by atoms with Gasteiger partial charge in [0.15, 0.2) is 11.5 Å². The summed E-state index contributed by atoms with van der Waals surface area (Å²) < 4.78 is 11.1.